The van der Waals surface area contributed by atoms with Gasteiger partial charge in [0.15, 0.2) is 0 Å². The fraction of sp³-hybridized carbons (Fsp3) is 0.312. The van der Waals surface area contributed by atoms with Crippen molar-refractivity contribution in [3.05, 3.63) is 88.2 Å². The number of amides is 1. The number of fused-ring (bicyclic) bond motifs is 1. The molecule has 2 aliphatic heterocycles. The number of rotatable bonds is 6. The van der Waals surface area contributed by atoms with Crippen molar-refractivity contribution in [2.24, 2.45) is 5.41 Å². The Bertz CT molecular complexity index is 1770. The molecule has 0 spiro atoms. The molecule has 0 unspecified atom stereocenters. The first-order valence-electron chi connectivity index (χ1n) is 14.1. The number of carbonyl (C=O) groups excluding carboxylic acids is 1. The van der Waals surface area contributed by atoms with E-state index in [4.69, 9.17) is 21.4 Å². The highest BCUT2D eigenvalue weighted by Gasteiger charge is 2.46. The number of allylic oxidation sites excluding steroid dienone is 1. The maximum atomic E-state index is 14.3. The molecule has 5 rings (SSSR count). The highest BCUT2D eigenvalue weighted by atomic mass is 35.5. The van der Waals surface area contributed by atoms with E-state index in [1.165, 1.54) is 18.2 Å². The average Bonchev–Trinajstić information content (AvgIpc) is 2.98. The van der Waals surface area contributed by atoms with E-state index >= 15 is 0 Å². The van der Waals surface area contributed by atoms with Crippen molar-refractivity contribution < 1.29 is 45.4 Å². The largest absolute Gasteiger partial charge is 0.489 e. The summed E-state index contributed by atoms with van der Waals surface area (Å²) in [7, 11) is -4.32. The summed E-state index contributed by atoms with van der Waals surface area (Å²) in [6.07, 6.45) is -2.60. The average molecular weight is 683 g/mol. The molecule has 0 saturated carbocycles. The second-order valence-corrected chi connectivity index (χ2v) is 13.3. The summed E-state index contributed by atoms with van der Waals surface area (Å²) < 4.78 is 86.9. The highest BCUT2D eigenvalue weighted by molar-refractivity contribution is 7.92. The Balaban J connectivity index is 0.000000337. The topological polar surface area (TPSA) is 104 Å². The molecule has 14 heteroatoms. The molecule has 3 aromatic rings. The van der Waals surface area contributed by atoms with Gasteiger partial charge in [0.2, 0.25) is 5.91 Å². The Labute approximate surface area is 268 Å². The molecule has 46 heavy (non-hydrogen) atoms. The van der Waals surface area contributed by atoms with Gasteiger partial charge in [-0.1, -0.05) is 42.8 Å². The molecule has 0 aliphatic carbocycles. The highest BCUT2D eigenvalue weighted by Crippen LogP contribution is 2.39. The number of halogens is 5. The van der Waals surface area contributed by atoms with Crippen LogP contribution in [-0.4, -0.2) is 56.5 Å². The SMILES string of the molecule is C/C(=C\c1ccc2c(c1)N(S(=O)(=O)c1cccc(C(F)(F)F)c1)CCO2)c1c(F)cccc1Cl.CCC(=O)N1CC(C)(C(=O)O)C1. The summed E-state index contributed by atoms with van der Waals surface area (Å²) in [6.45, 7) is 5.76. The number of sulfonamides is 1. The van der Waals surface area contributed by atoms with Gasteiger partial charge in [0.1, 0.15) is 18.2 Å². The van der Waals surface area contributed by atoms with Gasteiger partial charge >= 0.3 is 12.1 Å². The zero-order valence-corrected chi connectivity index (χ0v) is 26.6. The van der Waals surface area contributed by atoms with Gasteiger partial charge in [-0.05, 0) is 67.4 Å². The minimum absolute atomic E-state index is 0.0320. The first-order chi connectivity index (χ1) is 21.5. The standard InChI is InChI=1S/C24H18ClF4NO3S.C8H13NO3/c1-15(23-19(25)6-3-7-20(23)26)12-16-8-9-22-21(13-16)30(10-11-33-22)34(31,32)18-5-2-4-17(14-18)24(27,28)29;1-3-6(10)9-4-8(2,5-9)7(11)12/h2-9,12-14H,10-11H2,1H3;3-5H2,1-2H3,(H,11,12)/b15-12+;. The lowest BCUT2D eigenvalue weighted by Gasteiger charge is -2.44. The van der Waals surface area contributed by atoms with E-state index in [1.807, 2.05) is 0 Å². The molecule has 0 aromatic heterocycles. The van der Waals surface area contributed by atoms with Crippen LogP contribution in [0.2, 0.25) is 5.02 Å². The number of alkyl halides is 3. The second-order valence-electron chi connectivity index (χ2n) is 11.1. The Kier molecular flexibility index (Phi) is 10.1. The number of aliphatic carboxylic acids is 1. The smallest absolute Gasteiger partial charge is 0.416 e. The fourth-order valence-corrected chi connectivity index (χ4v) is 6.85. The van der Waals surface area contributed by atoms with Gasteiger partial charge in [-0.25, -0.2) is 12.8 Å². The van der Waals surface area contributed by atoms with Crippen LogP contribution < -0.4 is 9.04 Å². The van der Waals surface area contributed by atoms with Crippen LogP contribution >= 0.6 is 11.6 Å². The van der Waals surface area contributed by atoms with Crippen LogP contribution in [-0.2, 0) is 25.8 Å². The van der Waals surface area contributed by atoms with Gasteiger partial charge in [-0.3, -0.25) is 13.9 Å². The van der Waals surface area contributed by atoms with E-state index in [1.54, 1.807) is 49.9 Å². The summed E-state index contributed by atoms with van der Waals surface area (Å²) in [6, 6.07) is 12.7. The summed E-state index contributed by atoms with van der Waals surface area (Å²) in [5, 5.41) is 8.95. The number of hydrogen-bond acceptors (Lipinski definition) is 5. The number of hydrogen-bond donors (Lipinski definition) is 1. The Hall–Kier alpha value is -4.10. The number of likely N-dealkylation sites (tertiary alicyclic amines) is 1. The third kappa shape index (κ3) is 7.31. The van der Waals surface area contributed by atoms with Crippen LogP contribution in [0.25, 0.3) is 11.6 Å². The summed E-state index contributed by atoms with van der Waals surface area (Å²) >= 11 is 6.13. The Morgan fingerprint density at radius 1 is 1.09 bits per heavy atom. The summed E-state index contributed by atoms with van der Waals surface area (Å²) in [5.74, 6) is -1.02. The fourth-order valence-electron chi connectivity index (χ4n) is 5.04. The van der Waals surface area contributed by atoms with E-state index in [0.29, 0.717) is 36.7 Å². The predicted molar refractivity (Wildman–Crippen MR) is 165 cm³/mol. The monoisotopic (exact) mass is 682 g/mol. The number of carboxylic acid groups (broad SMARTS) is 1. The molecule has 0 bridgehead atoms. The lowest BCUT2D eigenvalue weighted by Crippen LogP contribution is -2.60. The van der Waals surface area contributed by atoms with Crippen molar-refractivity contribution in [1.29, 1.82) is 0 Å². The van der Waals surface area contributed by atoms with Gasteiger partial charge in [0.25, 0.3) is 10.0 Å². The molecule has 1 saturated heterocycles. The minimum Gasteiger partial charge on any atom is -0.489 e. The third-order valence-corrected chi connectivity index (χ3v) is 9.67. The molecular formula is C32H31ClF4N2O6S. The number of ether oxygens (including phenoxy) is 1. The Morgan fingerprint density at radius 2 is 1.76 bits per heavy atom. The first kappa shape index (κ1) is 34.8. The van der Waals surface area contributed by atoms with E-state index in [0.717, 1.165) is 22.5 Å². The second kappa shape index (κ2) is 13.3. The zero-order valence-electron chi connectivity index (χ0n) is 25.1. The number of anilines is 1. The third-order valence-electron chi connectivity index (χ3n) is 7.54. The molecular weight excluding hydrogens is 652 g/mol. The lowest BCUT2D eigenvalue weighted by atomic mass is 9.82. The zero-order chi connectivity index (χ0) is 34.0. The van der Waals surface area contributed by atoms with Crippen molar-refractivity contribution in [3.8, 4) is 5.75 Å². The maximum absolute atomic E-state index is 14.3. The van der Waals surface area contributed by atoms with Crippen molar-refractivity contribution in [2.75, 3.05) is 30.5 Å². The van der Waals surface area contributed by atoms with Gasteiger partial charge in [-0.2, -0.15) is 13.2 Å². The van der Waals surface area contributed by atoms with Gasteiger partial charge in [0.05, 0.1) is 33.1 Å². The molecule has 0 radical (unpaired) electrons. The molecule has 8 nitrogen and oxygen atoms in total. The van der Waals surface area contributed by atoms with Crippen LogP contribution in [0.4, 0.5) is 23.2 Å². The number of nitrogens with zero attached hydrogens (tertiary/aromatic N) is 2. The molecule has 1 N–H and O–H groups in total. The summed E-state index contributed by atoms with van der Waals surface area (Å²) in [5.41, 5.74) is -0.338. The normalized spacial score (nSPS) is 16.0. The van der Waals surface area contributed by atoms with Crippen LogP contribution in [0, 0.1) is 11.2 Å². The van der Waals surface area contributed by atoms with Crippen molar-refractivity contribution >= 4 is 50.8 Å². The quantitative estimate of drug-likeness (QED) is 0.222. The van der Waals surface area contributed by atoms with E-state index in [-0.39, 0.29) is 41.1 Å². The van der Waals surface area contributed by atoms with Gasteiger partial charge < -0.3 is 14.7 Å². The molecule has 1 fully saturated rings. The van der Waals surface area contributed by atoms with E-state index < -0.39 is 43.9 Å². The molecule has 2 aliphatic rings. The molecule has 246 valence electrons. The van der Waals surface area contributed by atoms with E-state index in [2.05, 4.69) is 0 Å². The van der Waals surface area contributed by atoms with Gasteiger partial charge in [-0.15, -0.1) is 0 Å². The molecule has 0 atom stereocenters. The van der Waals surface area contributed by atoms with E-state index in [9.17, 15) is 35.6 Å². The minimum atomic E-state index is -4.68. The van der Waals surface area contributed by atoms with Crippen molar-refractivity contribution in [1.82, 2.24) is 4.90 Å². The predicted octanol–water partition coefficient (Wildman–Crippen LogP) is 6.98. The molecule has 2 heterocycles. The Morgan fingerprint density at radius 3 is 2.37 bits per heavy atom. The number of carboxylic acids is 1. The van der Waals surface area contributed by atoms with Crippen LogP contribution in [0.3, 0.4) is 0 Å². The lowest BCUT2D eigenvalue weighted by molar-refractivity contribution is -0.163. The molecule has 3 aromatic carbocycles. The van der Waals surface area contributed by atoms with Crippen LogP contribution in [0.15, 0.2) is 65.6 Å². The summed E-state index contributed by atoms with van der Waals surface area (Å²) in [4.78, 5) is 22.8. The van der Waals surface area contributed by atoms with Crippen LogP contribution in [0.5, 0.6) is 5.75 Å². The van der Waals surface area contributed by atoms with Crippen molar-refractivity contribution in [3.63, 3.8) is 0 Å². The molecule has 1 amide bonds. The number of benzene rings is 3. The van der Waals surface area contributed by atoms with Crippen molar-refractivity contribution in [2.45, 2.75) is 38.3 Å². The van der Waals surface area contributed by atoms with Gasteiger partial charge in [0, 0.05) is 25.1 Å². The number of carbonyl (C=O) groups is 2. The maximum Gasteiger partial charge on any atom is 0.416 e. The first-order valence-corrected chi connectivity index (χ1v) is 15.9. The van der Waals surface area contributed by atoms with Crippen LogP contribution in [0.1, 0.15) is 43.9 Å².